The standard InChI is InChI=1S/C15H19N3O/c1-2-7-14-12(4-1)5-3-6-13(14)10-16-9-8-15-17-11-19-18-15/h1-2,4,7,11,13,16H,3,5-6,8-10H2. The Morgan fingerprint density at radius 3 is 3.16 bits per heavy atom. The Morgan fingerprint density at radius 2 is 2.26 bits per heavy atom. The second kappa shape index (κ2) is 5.97. The van der Waals surface area contributed by atoms with Crippen molar-refractivity contribution in [1.82, 2.24) is 15.5 Å². The minimum atomic E-state index is 0.648. The maximum atomic E-state index is 4.72. The van der Waals surface area contributed by atoms with Crippen LogP contribution in [0.5, 0.6) is 0 Å². The lowest BCUT2D eigenvalue weighted by molar-refractivity contribution is 0.408. The molecule has 4 nitrogen and oxygen atoms in total. The van der Waals surface area contributed by atoms with E-state index in [0.717, 1.165) is 25.3 Å². The van der Waals surface area contributed by atoms with Gasteiger partial charge in [0.25, 0.3) is 0 Å². The van der Waals surface area contributed by atoms with Crippen molar-refractivity contribution in [2.45, 2.75) is 31.6 Å². The fraction of sp³-hybridized carbons (Fsp3) is 0.467. The van der Waals surface area contributed by atoms with Gasteiger partial charge < -0.3 is 9.84 Å². The first-order chi connectivity index (χ1) is 9.43. The second-order valence-electron chi connectivity index (χ2n) is 5.09. The van der Waals surface area contributed by atoms with Crippen LogP contribution >= 0.6 is 0 Å². The van der Waals surface area contributed by atoms with E-state index < -0.39 is 0 Å². The van der Waals surface area contributed by atoms with Crippen LogP contribution in [0.25, 0.3) is 0 Å². The third kappa shape index (κ3) is 3.01. The van der Waals surface area contributed by atoms with E-state index in [-0.39, 0.29) is 0 Å². The highest BCUT2D eigenvalue weighted by Gasteiger charge is 2.18. The number of fused-ring (bicyclic) bond motifs is 1. The molecule has 0 amide bonds. The van der Waals surface area contributed by atoms with Gasteiger partial charge in [0, 0.05) is 19.5 Å². The number of aryl methyl sites for hydroxylation is 1. The van der Waals surface area contributed by atoms with Crippen molar-refractivity contribution in [1.29, 1.82) is 0 Å². The predicted octanol–water partition coefficient (Wildman–Crippen LogP) is 2.32. The van der Waals surface area contributed by atoms with Crippen LogP contribution in [-0.2, 0) is 12.8 Å². The van der Waals surface area contributed by atoms with E-state index in [4.69, 9.17) is 4.52 Å². The van der Waals surface area contributed by atoms with Crippen molar-refractivity contribution < 1.29 is 4.52 Å². The maximum Gasteiger partial charge on any atom is 0.213 e. The van der Waals surface area contributed by atoms with E-state index >= 15 is 0 Å². The summed E-state index contributed by atoms with van der Waals surface area (Å²) in [6, 6.07) is 8.84. The van der Waals surface area contributed by atoms with Gasteiger partial charge in [0.05, 0.1) is 0 Å². The quantitative estimate of drug-likeness (QED) is 0.835. The number of nitrogens with zero attached hydrogens (tertiary/aromatic N) is 2. The number of aromatic nitrogens is 2. The molecule has 1 aliphatic carbocycles. The molecule has 2 aromatic rings. The molecule has 19 heavy (non-hydrogen) atoms. The van der Waals surface area contributed by atoms with Crippen LogP contribution in [0.1, 0.15) is 35.7 Å². The van der Waals surface area contributed by atoms with Gasteiger partial charge in [-0.3, -0.25) is 0 Å². The normalized spacial score (nSPS) is 18.2. The molecule has 4 heteroatoms. The number of nitrogens with one attached hydrogen (secondary N) is 1. The van der Waals surface area contributed by atoms with Gasteiger partial charge in [-0.15, -0.1) is 0 Å². The van der Waals surface area contributed by atoms with Crippen LogP contribution in [0, 0.1) is 0 Å². The maximum absolute atomic E-state index is 4.72. The molecule has 1 N–H and O–H groups in total. The molecule has 0 radical (unpaired) electrons. The molecule has 1 aliphatic rings. The Balaban J connectivity index is 1.51. The lowest BCUT2D eigenvalue weighted by Gasteiger charge is -2.25. The van der Waals surface area contributed by atoms with Crippen molar-refractivity contribution in [3.05, 3.63) is 47.6 Å². The van der Waals surface area contributed by atoms with Crippen molar-refractivity contribution in [3.63, 3.8) is 0 Å². The molecule has 1 aromatic heterocycles. The molecule has 0 saturated heterocycles. The van der Waals surface area contributed by atoms with Gasteiger partial charge in [-0.1, -0.05) is 29.4 Å². The molecule has 3 rings (SSSR count). The molecule has 1 heterocycles. The molecule has 0 aliphatic heterocycles. The molecular formula is C15H19N3O. The zero-order chi connectivity index (χ0) is 12.9. The van der Waals surface area contributed by atoms with Crippen LogP contribution in [0.4, 0.5) is 0 Å². The summed E-state index contributed by atoms with van der Waals surface area (Å²) in [5, 5.41) is 7.32. The Bertz CT molecular complexity index is 510. The van der Waals surface area contributed by atoms with E-state index in [1.807, 2.05) is 0 Å². The van der Waals surface area contributed by atoms with Gasteiger partial charge in [0.15, 0.2) is 5.82 Å². The lowest BCUT2D eigenvalue weighted by atomic mass is 9.83. The summed E-state index contributed by atoms with van der Waals surface area (Å²) in [5.41, 5.74) is 3.06. The van der Waals surface area contributed by atoms with Gasteiger partial charge in [0.1, 0.15) is 0 Å². The van der Waals surface area contributed by atoms with Crippen molar-refractivity contribution in [2.24, 2.45) is 0 Å². The minimum absolute atomic E-state index is 0.648. The molecule has 1 unspecified atom stereocenters. The number of benzene rings is 1. The highest BCUT2D eigenvalue weighted by Crippen LogP contribution is 2.30. The summed E-state index contributed by atoms with van der Waals surface area (Å²) in [7, 11) is 0. The predicted molar refractivity (Wildman–Crippen MR) is 73.0 cm³/mol. The third-order valence-electron chi connectivity index (χ3n) is 3.82. The van der Waals surface area contributed by atoms with Crippen LogP contribution in [-0.4, -0.2) is 23.2 Å². The van der Waals surface area contributed by atoms with Crippen LogP contribution in [0.3, 0.4) is 0 Å². The highest BCUT2D eigenvalue weighted by molar-refractivity contribution is 5.32. The van der Waals surface area contributed by atoms with Gasteiger partial charge in [-0.25, -0.2) is 0 Å². The molecule has 1 atom stereocenters. The first kappa shape index (κ1) is 12.4. The molecule has 0 bridgehead atoms. The third-order valence-corrected chi connectivity index (χ3v) is 3.82. The van der Waals surface area contributed by atoms with E-state index in [0.29, 0.717) is 5.92 Å². The minimum Gasteiger partial charge on any atom is -0.343 e. The van der Waals surface area contributed by atoms with E-state index in [2.05, 4.69) is 39.7 Å². The molecular weight excluding hydrogens is 238 g/mol. The summed E-state index contributed by atoms with van der Waals surface area (Å²) in [4.78, 5) is 4.02. The fourth-order valence-corrected chi connectivity index (χ4v) is 2.85. The first-order valence-electron chi connectivity index (χ1n) is 6.97. The average molecular weight is 257 g/mol. The topological polar surface area (TPSA) is 51.0 Å². The molecule has 0 spiro atoms. The molecule has 1 aromatic carbocycles. The van der Waals surface area contributed by atoms with E-state index in [1.54, 1.807) is 0 Å². The Labute approximate surface area is 113 Å². The molecule has 100 valence electrons. The summed E-state index contributed by atoms with van der Waals surface area (Å²) in [5.74, 6) is 1.42. The monoisotopic (exact) mass is 257 g/mol. The van der Waals surface area contributed by atoms with Crippen molar-refractivity contribution >= 4 is 0 Å². The number of rotatable bonds is 5. The average Bonchev–Trinajstić information content (AvgIpc) is 2.97. The zero-order valence-electron chi connectivity index (χ0n) is 11.0. The first-order valence-corrected chi connectivity index (χ1v) is 6.97. The number of hydrogen-bond acceptors (Lipinski definition) is 4. The SMILES string of the molecule is c1ccc2c(c1)CCCC2CNCCc1ncon1. The van der Waals surface area contributed by atoms with Gasteiger partial charge >= 0.3 is 0 Å². The van der Waals surface area contributed by atoms with Crippen LogP contribution in [0.2, 0.25) is 0 Å². The smallest absolute Gasteiger partial charge is 0.213 e. The fourth-order valence-electron chi connectivity index (χ4n) is 2.85. The van der Waals surface area contributed by atoms with Crippen LogP contribution < -0.4 is 5.32 Å². The van der Waals surface area contributed by atoms with Crippen molar-refractivity contribution in [2.75, 3.05) is 13.1 Å². The zero-order valence-corrected chi connectivity index (χ0v) is 11.0. The Hall–Kier alpha value is -1.68. The lowest BCUT2D eigenvalue weighted by Crippen LogP contribution is -2.26. The molecule has 0 saturated carbocycles. The summed E-state index contributed by atoms with van der Waals surface area (Å²) < 4.78 is 4.72. The van der Waals surface area contributed by atoms with Crippen LogP contribution in [0.15, 0.2) is 35.2 Å². The number of hydrogen-bond donors (Lipinski definition) is 1. The Kier molecular flexibility index (Phi) is 3.89. The highest BCUT2D eigenvalue weighted by atomic mass is 16.5. The largest absolute Gasteiger partial charge is 0.343 e. The second-order valence-corrected chi connectivity index (χ2v) is 5.09. The summed E-state index contributed by atoms with van der Waals surface area (Å²) >= 11 is 0. The van der Waals surface area contributed by atoms with E-state index in [9.17, 15) is 0 Å². The molecule has 0 fully saturated rings. The summed E-state index contributed by atoms with van der Waals surface area (Å²) in [6.07, 6.45) is 6.02. The summed E-state index contributed by atoms with van der Waals surface area (Å²) in [6.45, 7) is 1.94. The Morgan fingerprint density at radius 1 is 1.32 bits per heavy atom. The van der Waals surface area contributed by atoms with Crippen molar-refractivity contribution in [3.8, 4) is 0 Å². The van der Waals surface area contributed by atoms with Gasteiger partial charge in [-0.05, 0) is 36.3 Å². The van der Waals surface area contributed by atoms with Gasteiger partial charge in [0.2, 0.25) is 6.39 Å². The van der Waals surface area contributed by atoms with E-state index in [1.165, 1.54) is 36.8 Å². The van der Waals surface area contributed by atoms with Gasteiger partial charge in [-0.2, -0.15) is 4.98 Å².